The first-order chi connectivity index (χ1) is 9.77. The summed E-state index contributed by atoms with van der Waals surface area (Å²) < 4.78 is 1.28. The van der Waals surface area contributed by atoms with Gasteiger partial charge in [0, 0.05) is 0 Å². The van der Waals surface area contributed by atoms with Crippen molar-refractivity contribution in [3.63, 3.8) is 0 Å². The third kappa shape index (κ3) is 3.50. The molecule has 0 saturated carbocycles. The Hall–Kier alpha value is -1.11. The zero-order valence-corrected chi connectivity index (χ0v) is 14.0. The zero-order chi connectivity index (χ0) is 14.4. The Bertz CT molecular complexity index is 495. The molecule has 2 rings (SSSR count). The van der Waals surface area contributed by atoms with Gasteiger partial charge in [-0.2, -0.15) is 0 Å². The third-order valence-electron chi connectivity index (χ3n) is 3.87. The summed E-state index contributed by atoms with van der Waals surface area (Å²) in [4.78, 5) is 2.49. The Kier molecular flexibility index (Phi) is 5.82. The minimum absolute atomic E-state index is 1.01. The summed E-state index contributed by atoms with van der Waals surface area (Å²) >= 11 is 3.33. The van der Waals surface area contributed by atoms with Crippen molar-refractivity contribution in [2.45, 2.75) is 32.6 Å². The normalized spacial score (nSPS) is 16.6. The molecule has 0 bridgehead atoms. The molecule has 0 radical (unpaired) electrons. The van der Waals surface area contributed by atoms with Crippen LogP contribution in [0.4, 0.5) is 0 Å². The molecular formula is C18H23NSe. The summed E-state index contributed by atoms with van der Waals surface area (Å²) in [6.07, 6.45) is 6.96. The third-order valence-corrected chi connectivity index (χ3v) is 4.84. The van der Waals surface area contributed by atoms with E-state index in [2.05, 4.69) is 64.3 Å². The second-order valence-corrected chi connectivity index (χ2v) is 5.99. The topological polar surface area (TPSA) is 3.24 Å². The van der Waals surface area contributed by atoms with Crippen LogP contribution in [0.3, 0.4) is 0 Å². The van der Waals surface area contributed by atoms with Crippen molar-refractivity contribution >= 4 is 25.7 Å². The molecule has 0 amide bonds. The quantitative estimate of drug-likeness (QED) is 0.585. The fraction of sp³-hybridized carbons (Fsp3) is 0.389. The molecule has 0 atom stereocenters. The molecule has 2 heteroatoms. The number of rotatable bonds is 5. The van der Waals surface area contributed by atoms with Gasteiger partial charge in [-0.15, -0.1) is 0 Å². The van der Waals surface area contributed by atoms with E-state index in [4.69, 9.17) is 0 Å². The molecule has 0 aromatic heterocycles. The van der Waals surface area contributed by atoms with Crippen LogP contribution >= 0.6 is 0 Å². The standard InChI is InChI=1S/C18H23NSe/c1-3-15(4-2)17(16-11-7-5-8-12-16)18(20)19-13-9-6-10-14-19/h3,5,7-8,11-12H,1,4,6,9-10,13-14H2,2H3/b17-15-. The van der Waals surface area contributed by atoms with Gasteiger partial charge in [0.15, 0.2) is 0 Å². The van der Waals surface area contributed by atoms with E-state index in [-0.39, 0.29) is 0 Å². The van der Waals surface area contributed by atoms with Gasteiger partial charge in [-0.3, -0.25) is 0 Å². The van der Waals surface area contributed by atoms with Crippen molar-refractivity contribution in [2.75, 3.05) is 13.1 Å². The van der Waals surface area contributed by atoms with Gasteiger partial charge in [0.25, 0.3) is 0 Å². The van der Waals surface area contributed by atoms with E-state index in [1.54, 1.807) is 0 Å². The fourth-order valence-electron chi connectivity index (χ4n) is 2.73. The number of likely N-dealkylation sites (tertiary alicyclic amines) is 1. The number of allylic oxidation sites excluding steroid dienone is 2. The number of piperidine rings is 1. The van der Waals surface area contributed by atoms with Crippen LogP contribution in [0.5, 0.6) is 0 Å². The molecule has 1 saturated heterocycles. The second kappa shape index (κ2) is 7.61. The molecule has 0 spiro atoms. The molecule has 1 aliphatic heterocycles. The molecule has 1 aliphatic rings. The first kappa shape index (κ1) is 15.3. The van der Waals surface area contributed by atoms with E-state index in [9.17, 15) is 0 Å². The molecule has 1 fully saturated rings. The summed E-state index contributed by atoms with van der Waals surface area (Å²) in [5.41, 5.74) is 3.92. The van der Waals surface area contributed by atoms with Gasteiger partial charge in [0.1, 0.15) is 0 Å². The van der Waals surface area contributed by atoms with Crippen molar-refractivity contribution in [2.24, 2.45) is 0 Å². The predicted octanol–water partition coefficient (Wildman–Crippen LogP) is 3.82. The van der Waals surface area contributed by atoms with Crippen molar-refractivity contribution in [3.05, 3.63) is 54.1 Å². The van der Waals surface area contributed by atoms with Gasteiger partial charge in [-0.05, 0) is 0 Å². The average molecular weight is 332 g/mol. The van der Waals surface area contributed by atoms with Gasteiger partial charge in [0.05, 0.1) is 0 Å². The summed E-state index contributed by atoms with van der Waals surface area (Å²) in [7, 11) is 0. The van der Waals surface area contributed by atoms with E-state index in [1.807, 2.05) is 6.08 Å². The predicted molar refractivity (Wildman–Crippen MR) is 90.0 cm³/mol. The number of benzene rings is 1. The number of hydrogen-bond donors (Lipinski definition) is 0. The summed E-state index contributed by atoms with van der Waals surface area (Å²) in [5.74, 6) is 0. The average Bonchev–Trinajstić information content (AvgIpc) is 2.53. The minimum atomic E-state index is 1.01. The molecule has 0 aliphatic carbocycles. The van der Waals surface area contributed by atoms with Gasteiger partial charge in [0.2, 0.25) is 0 Å². The van der Waals surface area contributed by atoms with Crippen LogP contribution in [0.2, 0.25) is 0 Å². The molecular weight excluding hydrogens is 309 g/mol. The Morgan fingerprint density at radius 1 is 1.20 bits per heavy atom. The van der Waals surface area contributed by atoms with E-state index < -0.39 is 0 Å². The van der Waals surface area contributed by atoms with Crippen LogP contribution in [-0.4, -0.2) is 38.1 Å². The van der Waals surface area contributed by atoms with Crippen LogP contribution in [-0.2, 0) is 0 Å². The second-order valence-electron chi connectivity index (χ2n) is 5.18. The fourth-order valence-corrected chi connectivity index (χ4v) is 3.63. The molecule has 106 valence electrons. The van der Waals surface area contributed by atoms with E-state index in [0.29, 0.717) is 0 Å². The molecule has 1 heterocycles. The molecule has 1 aromatic carbocycles. The van der Waals surface area contributed by atoms with Crippen LogP contribution in [0, 0.1) is 0 Å². The Labute approximate surface area is 130 Å². The zero-order valence-electron chi connectivity index (χ0n) is 12.3. The van der Waals surface area contributed by atoms with Crippen molar-refractivity contribution in [1.29, 1.82) is 0 Å². The van der Waals surface area contributed by atoms with Gasteiger partial charge in [-0.1, -0.05) is 0 Å². The van der Waals surface area contributed by atoms with Crippen LogP contribution in [0.1, 0.15) is 38.2 Å². The van der Waals surface area contributed by atoms with E-state index in [0.717, 1.165) is 19.5 Å². The number of hydrogen-bond acceptors (Lipinski definition) is 1. The summed E-state index contributed by atoms with van der Waals surface area (Å²) in [6.45, 7) is 8.52. The Morgan fingerprint density at radius 3 is 2.40 bits per heavy atom. The van der Waals surface area contributed by atoms with Gasteiger partial charge >= 0.3 is 130 Å². The van der Waals surface area contributed by atoms with Crippen LogP contribution < -0.4 is 0 Å². The monoisotopic (exact) mass is 333 g/mol. The Balaban J connectivity index is 2.39. The van der Waals surface area contributed by atoms with E-state index >= 15 is 0 Å². The molecule has 1 aromatic rings. The Morgan fingerprint density at radius 2 is 1.85 bits per heavy atom. The summed E-state index contributed by atoms with van der Waals surface area (Å²) in [6, 6.07) is 10.7. The van der Waals surface area contributed by atoms with E-state index in [1.165, 1.54) is 40.5 Å². The SMILES string of the molecule is C=C/C(CC)=C(/C(=[Se])N1CCCCC1)c1ccccc1. The molecule has 20 heavy (non-hydrogen) atoms. The van der Waals surface area contributed by atoms with Crippen LogP contribution in [0.15, 0.2) is 48.6 Å². The summed E-state index contributed by atoms with van der Waals surface area (Å²) in [5, 5.41) is 0. The molecule has 1 nitrogen and oxygen atoms in total. The first-order valence-corrected chi connectivity index (χ1v) is 8.33. The first-order valence-electron chi connectivity index (χ1n) is 7.48. The maximum atomic E-state index is 4.00. The maximum absolute atomic E-state index is 4.00. The van der Waals surface area contributed by atoms with Crippen molar-refractivity contribution in [3.8, 4) is 0 Å². The number of nitrogens with zero attached hydrogens (tertiary/aromatic N) is 1. The molecule has 0 unspecified atom stereocenters. The van der Waals surface area contributed by atoms with Gasteiger partial charge < -0.3 is 0 Å². The van der Waals surface area contributed by atoms with Crippen molar-refractivity contribution < 1.29 is 0 Å². The van der Waals surface area contributed by atoms with Gasteiger partial charge in [-0.25, -0.2) is 0 Å². The van der Waals surface area contributed by atoms with Crippen molar-refractivity contribution in [1.82, 2.24) is 4.90 Å². The molecule has 0 N–H and O–H groups in total. The van der Waals surface area contributed by atoms with Crippen LogP contribution in [0.25, 0.3) is 5.57 Å².